The van der Waals surface area contributed by atoms with Crippen molar-refractivity contribution in [3.05, 3.63) is 0 Å². The molecular formula is C10H19NO3. The van der Waals surface area contributed by atoms with Crippen molar-refractivity contribution in [3.8, 4) is 0 Å². The van der Waals surface area contributed by atoms with Crippen LogP contribution in [0.5, 0.6) is 0 Å². The first-order valence-corrected chi connectivity index (χ1v) is 5.20. The third kappa shape index (κ3) is 4.07. The van der Waals surface area contributed by atoms with Gasteiger partial charge >= 0.3 is 5.97 Å². The smallest absolute Gasteiger partial charge is 0.329 e. The summed E-state index contributed by atoms with van der Waals surface area (Å²) in [6, 6.07) is 0.684. The molecule has 1 saturated heterocycles. The fraction of sp³-hybridized carbons (Fsp3) is 0.900. The van der Waals surface area contributed by atoms with Gasteiger partial charge in [0, 0.05) is 12.6 Å². The largest absolute Gasteiger partial charge is 0.480 e. The monoisotopic (exact) mass is 201 g/mol. The SMILES string of the molecule is CN1CCC[C@H]1CCCOCC(=O)O. The van der Waals surface area contributed by atoms with Crippen LogP contribution in [0, 0.1) is 0 Å². The molecule has 0 amide bonds. The van der Waals surface area contributed by atoms with E-state index in [0.29, 0.717) is 12.6 Å². The minimum Gasteiger partial charge on any atom is -0.480 e. The van der Waals surface area contributed by atoms with Crippen molar-refractivity contribution in [2.75, 3.05) is 26.8 Å². The molecule has 1 heterocycles. The summed E-state index contributed by atoms with van der Waals surface area (Å²) in [5, 5.41) is 8.33. The Labute approximate surface area is 84.8 Å². The number of carboxylic acids is 1. The number of carbonyl (C=O) groups is 1. The molecule has 0 spiro atoms. The van der Waals surface area contributed by atoms with Crippen LogP contribution in [0.2, 0.25) is 0 Å². The summed E-state index contributed by atoms with van der Waals surface area (Å²) in [7, 11) is 2.15. The molecule has 0 aliphatic carbocycles. The molecule has 1 atom stereocenters. The molecule has 1 fully saturated rings. The second-order valence-corrected chi connectivity index (χ2v) is 3.87. The average molecular weight is 201 g/mol. The van der Waals surface area contributed by atoms with E-state index in [-0.39, 0.29) is 6.61 Å². The van der Waals surface area contributed by atoms with Gasteiger partial charge in [-0.25, -0.2) is 4.79 Å². The molecule has 1 N–H and O–H groups in total. The summed E-state index contributed by atoms with van der Waals surface area (Å²) >= 11 is 0. The summed E-state index contributed by atoms with van der Waals surface area (Å²) in [6.07, 6.45) is 4.64. The van der Waals surface area contributed by atoms with E-state index in [1.165, 1.54) is 19.4 Å². The highest BCUT2D eigenvalue weighted by molar-refractivity contribution is 5.67. The third-order valence-electron chi connectivity index (χ3n) is 2.72. The normalized spacial score (nSPS) is 22.8. The Balaban J connectivity index is 1.95. The van der Waals surface area contributed by atoms with Crippen LogP contribution in [0.1, 0.15) is 25.7 Å². The minimum absolute atomic E-state index is 0.166. The fourth-order valence-electron chi connectivity index (χ4n) is 1.92. The number of rotatable bonds is 6. The average Bonchev–Trinajstić information content (AvgIpc) is 2.51. The lowest BCUT2D eigenvalue weighted by Crippen LogP contribution is -2.25. The first kappa shape index (κ1) is 11.5. The van der Waals surface area contributed by atoms with Crippen molar-refractivity contribution in [1.29, 1.82) is 0 Å². The summed E-state index contributed by atoms with van der Waals surface area (Å²) < 4.78 is 4.97. The summed E-state index contributed by atoms with van der Waals surface area (Å²) in [4.78, 5) is 12.5. The molecule has 1 aliphatic rings. The third-order valence-corrected chi connectivity index (χ3v) is 2.72. The number of nitrogens with zero attached hydrogens (tertiary/aromatic N) is 1. The van der Waals surface area contributed by atoms with Crippen molar-refractivity contribution in [1.82, 2.24) is 4.90 Å². The number of carboxylic acid groups (broad SMARTS) is 1. The standard InChI is InChI=1S/C10H19NO3/c1-11-6-2-4-9(11)5-3-7-14-8-10(12)13/h9H,2-8H2,1H3,(H,12,13)/t9-/m0/s1. The highest BCUT2D eigenvalue weighted by atomic mass is 16.5. The lowest BCUT2D eigenvalue weighted by Gasteiger charge is -2.18. The zero-order chi connectivity index (χ0) is 10.4. The maximum absolute atomic E-state index is 10.1. The minimum atomic E-state index is -0.886. The van der Waals surface area contributed by atoms with E-state index in [0.717, 1.165) is 12.8 Å². The molecular weight excluding hydrogens is 182 g/mol. The Morgan fingerprint density at radius 2 is 2.43 bits per heavy atom. The van der Waals surface area contributed by atoms with Crippen LogP contribution in [0.3, 0.4) is 0 Å². The number of likely N-dealkylation sites (tertiary alicyclic amines) is 1. The van der Waals surface area contributed by atoms with Gasteiger partial charge in [0.05, 0.1) is 0 Å². The van der Waals surface area contributed by atoms with Crippen LogP contribution < -0.4 is 0 Å². The topological polar surface area (TPSA) is 49.8 Å². The zero-order valence-electron chi connectivity index (χ0n) is 8.74. The Morgan fingerprint density at radius 1 is 1.64 bits per heavy atom. The molecule has 0 bridgehead atoms. The quantitative estimate of drug-likeness (QED) is 0.650. The van der Waals surface area contributed by atoms with Crippen molar-refractivity contribution >= 4 is 5.97 Å². The van der Waals surface area contributed by atoms with Gasteiger partial charge in [-0.1, -0.05) is 0 Å². The van der Waals surface area contributed by atoms with Gasteiger partial charge in [0.2, 0.25) is 0 Å². The van der Waals surface area contributed by atoms with Crippen LogP contribution in [0.25, 0.3) is 0 Å². The van der Waals surface area contributed by atoms with Crippen LogP contribution >= 0.6 is 0 Å². The van der Waals surface area contributed by atoms with Gasteiger partial charge in [-0.15, -0.1) is 0 Å². The maximum Gasteiger partial charge on any atom is 0.329 e. The first-order valence-electron chi connectivity index (χ1n) is 5.20. The predicted molar refractivity (Wildman–Crippen MR) is 53.3 cm³/mol. The fourth-order valence-corrected chi connectivity index (χ4v) is 1.92. The number of ether oxygens (including phenoxy) is 1. The molecule has 4 heteroatoms. The van der Waals surface area contributed by atoms with Gasteiger partial charge in [-0.3, -0.25) is 0 Å². The molecule has 0 aromatic rings. The van der Waals surface area contributed by atoms with Crippen LogP contribution in [0.15, 0.2) is 0 Å². The highest BCUT2D eigenvalue weighted by Gasteiger charge is 2.19. The molecule has 14 heavy (non-hydrogen) atoms. The van der Waals surface area contributed by atoms with Gasteiger partial charge in [0.1, 0.15) is 6.61 Å². The highest BCUT2D eigenvalue weighted by Crippen LogP contribution is 2.18. The van der Waals surface area contributed by atoms with Crippen LogP contribution in [-0.2, 0) is 9.53 Å². The summed E-state index contributed by atoms with van der Waals surface area (Å²) in [6.45, 7) is 1.60. The van der Waals surface area contributed by atoms with Crippen molar-refractivity contribution in [3.63, 3.8) is 0 Å². The van der Waals surface area contributed by atoms with Crippen LogP contribution in [0.4, 0.5) is 0 Å². The Bertz CT molecular complexity index is 184. The molecule has 1 aliphatic heterocycles. The molecule has 4 nitrogen and oxygen atoms in total. The van der Waals surface area contributed by atoms with Gasteiger partial charge in [-0.2, -0.15) is 0 Å². The van der Waals surface area contributed by atoms with Crippen molar-refractivity contribution in [2.24, 2.45) is 0 Å². The Kier molecular flexibility index (Phi) is 4.90. The second-order valence-electron chi connectivity index (χ2n) is 3.87. The maximum atomic E-state index is 10.1. The second kappa shape index (κ2) is 5.98. The number of hydrogen-bond acceptors (Lipinski definition) is 3. The Hall–Kier alpha value is -0.610. The number of hydrogen-bond donors (Lipinski definition) is 1. The van der Waals surface area contributed by atoms with E-state index in [1.54, 1.807) is 0 Å². The first-order chi connectivity index (χ1) is 6.70. The molecule has 1 rings (SSSR count). The predicted octanol–water partition coefficient (Wildman–Crippen LogP) is 0.962. The van der Waals surface area contributed by atoms with Gasteiger partial charge in [0.25, 0.3) is 0 Å². The lowest BCUT2D eigenvalue weighted by atomic mass is 10.1. The molecule has 82 valence electrons. The van der Waals surface area contributed by atoms with E-state index in [9.17, 15) is 4.79 Å². The van der Waals surface area contributed by atoms with E-state index < -0.39 is 5.97 Å². The zero-order valence-corrected chi connectivity index (χ0v) is 8.74. The summed E-state index contributed by atoms with van der Waals surface area (Å²) in [5.74, 6) is -0.886. The van der Waals surface area contributed by atoms with E-state index in [1.807, 2.05) is 0 Å². The lowest BCUT2D eigenvalue weighted by molar-refractivity contribution is -0.142. The molecule has 0 aromatic carbocycles. The van der Waals surface area contributed by atoms with Crippen molar-refractivity contribution in [2.45, 2.75) is 31.7 Å². The number of aliphatic carboxylic acids is 1. The molecule has 0 aromatic heterocycles. The van der Waals surface area contributed by atoms with E-state index in [2.05, 4.69) is 11.9 Å². The van der Waals surface area contributed by atoms with Crippen LogP contribution in [-0.4, -0.2) is 48.8 Å². The van der Waals surface area contributed by atoms with Gasteiger partial charge in [-0.05, 0) is 39.3 Å². The Morgan fingerprint density at radius 3 is 3.00 bits per heavy atom. The van der Waals surface area contributed by atoms with E-state index >= 15 is 0 Å². The molecule has 0 saturated carbocycles. The van der Waals surface area contributed by atoms with Gasteiger partial charge < -0.3 is 14.7 Å². The molecule has 0 radical (unpaired) electrons. The van der Waals surface area contributed by atoms with E-state index in [4.69, 9.17) is 9.84 Å². The molecule has 0 unspecified atom stereocenters. The van der Waals surface area contributed by atoms with Gasteiger partial charge in [0.15, 0.2) is 0 Å². The van der Waals surface area contributed by atoms with Crippen molar-refractivity contribution < 1.29 is 14.6 Å². The summed E-state index contributed by atoms with van der Waals surface area (Å²) in [5.41, 5.74) is 0.